The summed E-state index contributed by atoms with van der Waals surface area (Å²) in [7, 11) is 0. The van der Waals surface area contributed by atoms with Gasteiger partial charge in [-0.25, -0.2) is 4.98 Å². The second-order valence-corrected chi connectivity index (χ2v) is 7.96. The Morgan fingerprint density at radius 1 is 0.848 bits per heavy atom. The highest BCUT2D eigenvalue weighted by atomic mass is 16.6. The van der Waals surface area contributed by atoms with Crippen molar-refractivity contribution in [3.63, 3.8) is 0 Å². The first-order chi connectivity index (χ1) is 16.1. The maximum absolute atomic E-state index is 13.6. The third kappa shape index (κ3) is 4.01. The first-order valence-electron chi connectivity index (χ1n) is 10.8. The van der Waals surface area contributed by atoms with Gasteiger partial charge in [0.15, 0.2) is 0 Å². The lowest BCUT2D eigenvalue weighted by atomic mass is 10.0. The fraction of sp³-hybridized carbons (Fsp3) is 0.154. The minimum atomic E-state index is -0.360. The van der Waals surface area contributed by atoms with Crippen LogP contribution in [0.1, 0.15) is 10.4 Å². The first-order valence-corrected chi connectivity index (χ1v) is 10.8. The number of amides is 1. The molecule has 1 aliphatic rings. The van der Waals surface area contributed by atoms with Crippen LogP contribution in [0, 0.1) is 10.1 Å². The van der Waals surface area contributed by atoms with Gasteiger partial charge in [0, 0.05) is 43.2 Å². The summed E-state index contributed by atoms with van der Waals surface area (Å²) in [6, 6.07) is 26.1. The second-order valence-electron chi connectivity index (χ2n) is 7.96. The van der Waals surface area contributed by atoms with Crippen molar-refractivity contribution in [1.29, 1.82) is 0 Å². The zero-order chi connectivity index (χ0) is 22.8. The van der Waals surface area contributed by atoms with Gasteiger partial charge in [0.1, 0.15) is 5.69 Å². The van der Waals surface area contributed by atoms with Gasteiger partial charge in [0.2, 0.25) is 0 Å². The minimum absolute atomic E-state index is 0.0482. The molecule has 164 valence electrons. The van der Waals surface area contributed by atoms with Crippen LogP contribution in [0.4, 0.5) is 11.4 Å². The summed E-state index contributed by atoms with van der Waals surface area (Å²) in [5.41, 5.74) is 3.80. The lowest BCUT2D eigenvalue weighted by Gasteiger charge is -2.36. The Morgan fingerprint density at radius 2 is 1.52 bits per heavy atom. The van der Waals surface area contributed by atoms with E-state index in [9.17, 15) is 14.9 Å². The van der Waals surface area contributed by atoms with Crippen LogP contribution in [0.25, 0.3) is 22.2 Å². The average Bonchev–Trinajstić information content (AvgIpc) is 2.88. The molecule has 0 atom stereocenters. The van der Waals surface area contributed by atoms with Gasteiger partial charge >= 0.3 is 0 Å². The van der Waals surface area contributed by atoms with Crippen molar-refractivity contribution < 1.29 is 9.72 Å². The molecule has 3 aromatic carbocycles. The molecule has 5 rings (SSSR count). The molecule has 7 nitrogen and oxygen atoms in total. The number of carbonyl (C=O) groups is 1. The SMILES string of the molecule is O=C(c1cc(-c2ccccc2)nc2ccccc12)N1CCN(c2ccccc2[N+](=O)[O-])CC1. The zero-order valence-electron chi connectivity index (χ0n) is 17.9. The predicted molar refractivity (Wildman–Crippen MR) is 128 cm³/mol. The van der Waals surface area contributed by atoms with Crippen LogP contribution in [0.2, 0.25) is 0 Å². The largest absolute Gasteiger partial charge is 0.362 e. The van der Waals surface area contributed by atoms with Crippen molar-refractivity contribution in [2.75, 3.05) is 31.1 Å². The van der Waals surface area contributed by atoms with Crippen molar-refractivity contribution in [1.82, 2.24) is 9.88 Å². The van der Waals surface area contributed by atoms with Crippen molar-refractivity contribution in [2.45, 2.75) is 0 Å². The third-order valence-electron chi connectivity index (χ3n) is 6.00. The van der Waals surface area contributed by atoms with Gasteiger partial charge in [-0.3, -0.25) is 14.9 Å². The van der Waals surface area contributed by atoms with Crippen LogP contribution in [-0.4, -0.2) is 46.9 Å². The molecule has 0 saturated carbocycles. The van der Waals surface area contributed by atoms with E-state index in [2.05, 4.69) is 0 Å². The van der Waals surface area contributed by atoms with Gasteiger partial charge in [-0.2, -0.15) is 0 Å². The monoisotopic (exact) mass is 438 g/mol. The van der Waals surface area contributed by atoms with Crippen LogP contribution in [0.3, 0.4) is 0 Å². The van der Waals surface area contributed by atoms with Crippen molar-refractivity contribution in [2.24, 2.45) is 0 Å². The van der Waals surface area contributed by atoms with Crippen LogP contribution < -0.4 is 4.90 Å². The zero-order valence-corrected chi connectivity index (χ0v) is 17.9. The van der Waals surface area contributed by atoms with E-state index in [-0.39, 0.29) is 16.5 Å². The van der Waals surface area contributed by atoms with Crippen molar-refractivity contribution in [3.05, 3.63) is 101 Å². The highest BCUT2D eigenvalue weighted by Gasteiger charge is 2.27. The van der Waals surface area contributed by atoms with Gasteiger partial charge < -0.3 is 9.80 Å². The summed E-state index contributed by atoms with van der Waals surface area (Å²) in [6.07, 6.45) is 0. The maximum atomic E-state index is 13.6. The number of nitrogens with zero attached hydrogens (tertiary/aromatic N) is 4. The van der Waals surface area contributed by atoms with E-state index in [1.54, 1.807) is 18.2 Å². The Kier molecular flexibility index (Phi) is 5.44. The van der Waals surface area contributed by atoms with Gasteiger partial charge in [-0.05, 0) is 18.2 Å². The number of nitro benzene ring substituents is 1. The topological polar surface area (TPSA) is 79.6 Å². The Bertz CT molecular complexity index is 1330. The van der Waals surface area contributed by atoms with E-state index in [1.807, 2.05) is 70.5 Å². The molecular formula is C26H22N4O3. The number of piperazine rings is 1. The normalized spacial score (nSPS) is 13.8. The van der Waals surface area contributed by atoms with Crippen LogP contribution >= 0.6 is 0 Å². The second kappa shape index (κ2) is 8.70. The summed E-state index contributed by atoms with van der Waals surface area (Å²) < 4.78 is 0. The number of para-hydroxylation sites is 3. The molecule has 7 heteroatoms. The minimum Gasteiger partial charge on any atom is -0.362 e. The van der Waals surface area contributed by atoms with Crippen LogP contribution in [-0.2, 0) is 0 Å². The molecule has 0 radical (unpaired) electrons. The molecule has 1 saturated heterocycles. The number of aromatic nitrogens is 1. The number of nitro groups is 1. The molecule has 0 spiro atoms. The number of anilines is 1. The van der Waals surface area contributed by atoms with Gasteiger partial charge in [0.05, 0.1) is 21.7 Å². The summed E-state index contributed by atoms with van der Waals surface area (Å²) in [4.78, 5) is 33.2. The van der Waals surface area contributed by atoms with E-state index in [4.69, 9.17) is 4.98 Å². The molecular weight excluding hydrogens is 416 g/mol. The van der Waals surface area contributed by atoms with E-state index >= 15 is 0 Å². The lowest BCUT2D eigenvalue weighted by Crippen LogP contribution is -2.49. The summed E-state index contributed by atoms with van der Waals surface area (Å²) in [5, 5.41) is 12.2. The average molecular weight is 438 g/mol. The molecule has 0 bridgehead atoms. The molecule has 1 aromatic heterocycles. The highest BCUT2D eigenvalue weighted by Crippen LogP contribution is 2.30. The standard InChI is InChI=1S/C26H22N4O3/c31-26(29-16-14-28(15-17-29)24-12-6-7-13-25(24)30(32)33)21-18-23(19-8-2-1-3-9-19)27-22-11-5-4-10-20(21)22/h1-13,18H,14-17H2. The van der Waals surface area contributed by atoms with Gasteiger partial charge in [-0.1, -0.05) is 60.7 Å². The number of fused-ring (bicyclic) bond motifs is 1. The van der Waals surface area contributed by atoms with E-state index in [1.165, 1.54) is 6.07 Å². The van der Waals surface area contributed by atoms with Crippen molar-refractivity contribution in [3.8, 4) is 11.3 Å². The molecule has 0 unspecified atom stereocenters. The lowest BCUT2D eigenvalue weighted by molar-refractivity contribution is -0.384. The summed E-state index contributed by atoms with van der Waals surface area (Å²) in [5.74, 6) is -0.0482. The number of hydrogen-bond acceptors (Lipinski definition) is 5. The quantitative estimate of drug-likeness (QED) is 0.339. The van der Waals surface area contributed by atoms with E-state index in [0.717, 1.165) is 22.2 Å². The molecule has 1 fully saturated rings. The van der Waals surface area contributed by atoms with Crippen LogP contribution in [0.5, 0.6) is 0 Å². The molecule has 1 amide bonds. The number of hydrogen-bond donors (Lipinski definition) is 0. The number of carbonyl (C=O) groups excluding carboxylic acids is 1. The Balaban J connectivity index is 1.43. The maximum Gasteiger partial charge on any atom is 0.292 e. The summed E-state index contributed by atoms with van der Waals surface area (Å²) in [6.45, 7) is 2.04. The number of pyridine rings is 1. The predicted octanol–water partition coefficient (Wildman–Crippen LogP) is 4.77. The molecule has 33 heavy (non-hydrogen) atoms. The van der Waals surface area contributed by atoms with E-state index in [0.29, 0.717) is 37.4 Å². The molecule has 2 heterocycles. The smallest absolute Gasteiger partial charge is 0.292 e. The van der Waals surface area contributed by atoms with Crippen molar-refractivity contribution >= 4 is 28.2 Å². The molecule has 4 aromatic rings. The summed E-state index contributed by atoms with van der Waals surface area (Å²) >= 11 is 0. The fourth-order valence-corrected chi connectivity index (χ4v) is 4.32. The fourth-order valence-electron chi connectivity index (χ4n) is 4.32. The van der Waals surface area contributed by atoms with E-state index < -0.39 is 0 Å². The number of rotatable bonds is 4. The first kappa shape index (κ1) is 20.6. The van der Waals surface area contributed by atoms with Gasteiger partial charge in [-0.15, -0.1) is 0 Å². The van der Waals surface area contributed by atoms with Gasteiger partial charge in [0.25, 0.3) is 11.6 Å². The molecule has 1 aliphatic heterocycles. The Labute approximate surface area is 191 Å². The third-order valence-corrected chi connectivity index (χ3v) is 6.00. The highest BCUT2D eigenvalue weighted by molar-refractivity contribution is 6.07. The van der Waals surface area contributed by atoms with Crippen LogP contribution in [0.15, 0.2) is 84.9 Å². The molecule has 0 N–H and O–H groups in total. The Morgan fingerprint density at radius 3 is 2.27 bits per heavy atom. The molecule has 0 aliphatic carbocycles. The Hall–Kier alpha value is -4.26. The number of benzene rings is 3.